The van der Waals surface area contributed by atoms with Crippen molar-refractivity contribution >= 4 is 21.9 Å². The van der Waals surface area contributed by atoms with E-state index in [0.29, 0.717) is 5.92 Å². The first kappa shape index (κ1) is 11.2. The summed E-state index contributed by atoms with van der Waals surface area (Å²) in [5.74, 6) is 1.75. The molecule has 0 atom stereocenters. The van der Waals surface area contributed by atoms with Gasteiger partial charge in [0.2, 0.25) is 0 Å². The minimum absolute atomic E-state index is 0.611. The summed E-state index contributed by atoms with van der Waals surface area (Å²) < 4.78 is 2.21. The van der Waals surface area contributed by atoms with Crippen LogP contribution in [0.3, 0.4) is 0 Å². The van der Waals surface area contributed by atoms with Gasteiger partial charge in [-0.15, -0.1) is 0 Å². The number of pyridine rings is 1. The average Bonchev–Trinajstić information content (AvgIpc) is 2.66. The van der Waals surface area contributed by atoms with E-state index in [0.717, 1.165) is 23.3 Å². The highest BCUT2D eigenvalue weighted by Crippen LogP contribution is 2.24. The molecule has 3 heteroatoms. The Kier molecular flexibility index (Phi) is 2.54. The number of rotatable bonds is 2. The molecule has 0 saturated heterocycles. The summed E-state index contributed by atoms with van der Waals surface area (Å²) in [6.07, 6.45) is 2.88. The van der Waals surface area contributed by atoms with Crippen molar-refractivity contribution in [2.24, 2.45) is 13.0 Å². The quantitative estimate of drug-likeness (QED) is 0.687. The Labute approximate surface area is 106 Å². The van der Waals surface area contributed by atoms with Gasteiger partial charge in [-0.2, -0.15) is 0 Å². The maximum absolute atomic E-state index is 4.70. The maximum atomic E-state index is 4.70. The monoisotopic (exact) mass is 239 g/mol. The van der Waals surface area contributed by atoms with Crippen LogP contribution in [-0.4, -0.2) is 14.5 Å². The number of imidazole rings is 1. The molecule has 92 valence electrons. The lowest BCUT2D eigenvalue weighted by molar-refractivity contribution is 0.606. The molecule has 2 heterocycles. The Morgan fingerprint density at radius 3 is 2.72 bits per heavy atom. The first-order chi connectivity index (χ1) is 8.66. The molecule has 1 aromatic carbocycles. The smallest absolute Gasteiger partial charge is 0.109 e. The highest BCUT2D eigenvalue weighted by molar-refractivity contribution is 6.02. The lowest BCUT2D eigenvalue weighted by atomic mass is 10.1. The van der Waals surface area contributed by atoms with Gasteiger partial charge in [0.1, 0.15) is 11.3 Å². The number of aryl methyl sites for hydroxylation is 1. The van der Waals surface area contributed by atoms with Crippen LogP contribution >= 0.6 is 0 Å². The summed E-state index contributed by atoms with van der Waals surface area (Å²) in [4.78, 5) is 9.17. The van der Waals surface area contributed by atoms with Gasteiger partial charge in [0.05, 0.1) is 17.2 Å². The van der Waals surface area contributed by atoms with E-state index in [4.69, 9.17) is 4.98 Å². The Morgan fingerprint density at radius 1 is 1.17 bits per heavy atom. The second-order valence-electron chi connectivity index (χ2n) is 5.19. The summed E-state index contributed by atoms with van der Waals surface area (Å²) in [5, 5.41) is 1.18. The van der Waals surface area contributed by atoms with Gasteiger partial charge in [-0.3, -0.25) is 4.98 Å². The highest BCUT2D eigenvalue weighted by atomic mass is 15.1. The van der Waals surface area contributed by atoms with E-state index in [9.17, 15) is 0 Å². The molecule has 0 bridgehead atoms. The van der Waals surface area contributed by atoms with Crippen molar-refractivity contribution in [2.45, 2.75) is 20.3 Å². The number of hydrogen-bond donors (Lipinski definition) is 0. The van der Waals surface area contributed by atoms with Crippen molar-refractivity contribution in [1.29, 1.82) is 0 Å². The third-order valence-electron chi connectivity index (χ3n) is 3.29. The van der Waals surface area contributed by atoms with Gasteiger partial charge in [-0.1, -0.05) is 32.0 Å². The molecule has 0 amide bonds. The molecular formula is C15H17N3. The van der Waals surface area contributed by atoms with Crippen molar-refractivity contribution in [3.05, 3.63) is 36.3 Å². The van der Waals surface area contributed by atoms with Gasteiger partial charge in [-0.05, 0) is 12.0 Å². The first-order valence-electron chi connectivity index (χ1n) is 6.36. The number of fused-ring (bicyclic) bond motifs is 3. The van der Waals surface area contributed by atoms with Crippen LogP contribution in [0.15, 0.2) is 30.5 Å². The third-order valence-corrected chi connectivity index (χ3v) is 3.29. The zero-order valence-corrected chi connectivity index (χ0v) is 11.0. The summed E-state index contributed by atoms with van der Waals surface area (Å²) in [7, 11) is 2.10. The standard InChI is InChI=1S/C15H17N3/c1-10(2)8-14-17-13-9-16-12-7-5-4-6-11(12)15(13)18(14)3/h4-7,9-10H,8H2,1-3H3. The predicted octanol–water partition coefficient (Wildman–Crippen LogP) is 3.32. The number of benzene rings is 1. The number of nitrogens with zero attached hydrogens (tertiary/aromatic N) is 3. The van der Waals surface area contributed by atoms with Gasteiger partial charge in [-0.25, -0.2) is 4.98 Å². The predicted molar refractivity (Wildman–Crippen MR) is 74.6 cm³/mol. The van der Waals surface area contributed by atoms with E-state index >= 15 is 0 Å². The van der Waals surface area contributed by atoms with Gasteiger partial charge >= 0.3 is 0 Å². The van der Waals surface area contributed by atoms with Crippen LogP contribution in [0.5, 0.6) is 0 Å². The van der Waals surface area contributed by atoms with Crippen molar-refractivity contribution in [1.82, 2.24) is 14.5 Å². The molecule has 0 saturated carbocycles. The van der Waals surface area contributed by atoms with Crippen molar-refractivity contribution < 1.29 is 0 Å². The van der Waals surface area contributed by atoms with Gasteiger partial charge in [0, 0.05) is 18.9 Å². The molecule has 0 radical (unpaired) electrons. The zero-order valence-electron chi connectivity index (χ0n) is 11.0. The maximum Gasteiger partial charge on any atom is 0.109 e. The molecule has 3 nitrogen and oxygen atoms in total. The molecule has 0 aliphatic carbocycles. The lowest BCUT2D eigenvalue weighted by Gasteiger charge is -2.05. The molecule has 3 rings (SSSR count). The van der Waals surface area contributed by atoms with E-state index in [1.165, 1.54) is 10.9 Å². The minimum Gasteiger partial charge on any atom is -0.331 e. The van der Waals surface area contributed by atoms with Crippen LogP contribution < -0.4 is 0 Å². The first-order valence-corrected chi connectivity index (χ1v) is 6.36. The van der Waals surface area contributed by atoms with Crippen LogP contribution in [0.1, 0.15) is 19.7 Å². The fourth-order valence-electron chi connectivity index (χ4n) is 2.44. The van der Waals surface area contributed by atoms with Crippen molar-refractivity contribution in [2.75, 3.05) is 0 Å². The molecule has 0 fully saturated rings. The molecule has 0 aliphatic heterocycles. The molecule has 0 N–H and O–H groups in total. The number of hydrogen-bond acceptors (Lipinski definition) is 2. The topological polar surface area (TPSA) is 30.7 Å². The minimum atomic E-state index is 0.611. The molecule has 2 aromatic heterocycles. The van der Waals surface area contributed by atoms with Crippen LogP contribution in [0, 0.1) is 5.92 Å². The van der Waals surface area contributed by atoms with E-state index in [1.807, 2.05) is 18.3 Å². The van der Waals surface area contributed by atoms with Crippen molar-refractivity contribution in [3.8, 4) is 0 Å². The SMILES string of the molecule is CC(C)Cc1nc2cnc3ccccc3c2n1C. The van der Waals surface area contributed by atoms with Crippen LogP contribution in [0.2, 0.25) is 0 Å². The van der Waals surface area contributed by atoms with E-state index in [2.05, 4.69) is 42.6 Å². The Balaban J connectivity index is 2.33. The third kappa shape index (κ3) is 1.67. The number of para-hydroxylation sites is 1. The second kappa shape index (κ2) is 4.09. The second-order valence-corrected chi connectivity index (χ2v) is 5.19. The van der Waals surface area contributed by atoms with Crippen LogP contribution in [-0.2, 0) is 13.5 Å². The summed E-state index contributed by atoms with van der Waals surface area (Å²) in [5.41, 5.74) is 3.21. The number of aromatic nitrogens is 3. The lowest BCUT2D eigenvalue weighted by Crippen LogP contribution is -2.02. The summed E-state index contributed by atoms with van der Waals surface area (Å²) in [6, 6.07) is 8.24. The molecule has 18 heavy (non-hydrogen) atoms. The fraction of sp³-hybridized carbons (Fsp3) is 0.333. The normalized spacial score (nSPS) is 11.8. The summed E-state index contributed by atoms with van der Waals surface area (Å²) in [6.45, 7) is 4.44. The average molecular weight is 239 g/mol. The Bertz CT molecular complexity index is 710. The molecular weight excluding hydrogens is 222 g/mol. The molecule has 0 unspecified atom stereocenters. The Hall–Kier alpha value is -1.90. The van der Waals surface area contributed by atoms with Crippen LogP contribution in [0.25, 0.3) is 21.9 Å². The van der Waals surface area contributed by atoms with E-state index in [-0.39, 0.29) is 0 Å². The van der Waals surface area contributed by atoms with Gasteiger partial charge in [0.15, 0.2) is 0 Å². The molecule has 0 spiro atoms. The van der Waals surface area contributed by atoms with Crippen molar-refractivity contribution in [3.63, 3.8) is 0 Å². The molecule has 3 aromatic rings. The zero-order chi connectivity index (χ0) is 12.7. The van der Waals surface area contributed by atoms with Gasteiger partial charge in [0.25, 0.3) is 0 Å². The molecule has 0 aliphatic rings. The van der Waals surface area contributed by atoms with E-state index in [1.54, 1.807) is 0 Å². The van der Waals surface area contributed by atoms with E-state index < -0.39 is 0 Å². The fourth-order valence-corrected chi connectivity index (χ4v) is 2.44. The Morgan fingerprint density at radius 2 is 1.94 bits per heavy atom. The van der Waals surface area contributed by atoms with Crippen LogP contribution in [0.4, 0.5) is 0 Å². The van der Waals surface area contributed by atoms with Gasteiger partial charge < -0.3 is 4.57 Å². The summed E-state index contributed by atoms with van der Waals surface area (Å²) >= 11 is 0. The largest absolute Gasteiger partial charge is 0.331 e. The highest BCUT2D eigenvalue weighted by Gasteiger charge is 2.12.